The van der Waals surface area contributed by atoms with E-state index in [9.17, 15) is 26.3 Å². The van der Waals surface area contributed by atoms with Crippen LogP contribution in [0.5, 0.6) is 0 Å². The summed E-state index contributed by atoms with van der Waals surface area (Å²) in [6.07, 6.45) is -0.130. The predicted molar refractivity (Wildman–Crippen MR) is 119 cm³/mol. The second-order valence-corrected chi connectivity index (χ2v) is 7.92. The Morgan fingerprint density at radius 1 is 1.05 bits per heavy atom. The molecule has 2 aromatic heterocycles. The number of hydrogen-bond acceptors (Lipinski definition) is 7. The van der Waals surface area contributed by atoms with Crippen LogP contribution in [0.3, 0.4) is 0 Å². The molecule has 214 valence electrons. The Hall–Kier alpha value is -3.24. The van der Waals surface area contributed by atoms with Gasteiger partial charge in [0, 0.05) is 51.9 Å². The van der Waals surface area contributed by atoms with Gasteiger partial charge < -0.3 is 19.7 Å². The fourth-order valence-corrected chi connectivity index (χ4v) is 3.37. The number of carboxylic acids is 2. The molecule has 10 nitrogen and oxygen atoms in total. The third-order valence-electron chi connectivity index (χ3n) is 5.02. The van der Waals surface area contributed by atoms with Crippen molar-refractivity contribution >= 4 is 11.9 Å². The average Bonchev–Trinajstić information content (AvgIpc) is 3.40. The Bertz CT molecular complexity index is 963. The highest BCUT2D eigenvalue weighted by Crippen LogP contribution is 2.26. The minimum atomic E-state index is -5.08. The first-order valence-corrected chi connectivity index (χ1v) is 11.0. The second kappa shape index (κ2) is 15.2. The molecule has 0 saturated carbocycles. The average molecular weight is 558 g/mol. The van der Waals surface area contributed by atoms with Gasteiger partial charge >= 0.3 is 24.3 Å². The van der Waals surface area contributed by atoms with E-state index in [2.05, 4.69) is 27.2 Å². The van der Waals surface area contributed by atoms with Gasteiger partial charge in [-0.05, 0) is 30.0 Å². The van der Waals surface area contributed by atoms with Crippen molar-refractivity contribution in [2.24, 2.45) is 7.05 Å². The molecule has 0 amide bonds. The van der Waals surface area contributed by atoms with Gasteiger partial charge in [-0.25, -0.2) is 9.59 Å². The quantitative estimate of drug-likeness (QED) is 0.372. The molecule has 0 aromatic carbocycles. The number of carbonyl (C=O) groups is 2. The molecule has 2 aromatic rings. The molecular weight excluding hydrogens is 530 g/mol. The molecule has 1 aliphatic rings. The summed E-state index contributed by atoms with van der Waals surface area (Å²) in [7, 11) is 3.66. The van der Waals surface area contributed by atoms with Gasteiger partial charge in [-0.3, -0.25) is 14.6 Å². The summed E-state index contributed by atoms with van der Waals surface area (Å²) in [6, 6.07) is 4.48. The summed E-state index contributed by atoms with van der Waals surface area (Å²) in [5, 5.41) is 18.5. The first-order valence-electron chi connectivity index (χ1n) is 11.0. The molecule has 1 fully saturated rings. The molecule has 0 aliphatic carbocycles. The van der Waals surface area contributed by atoms with Crippen molar-refractivity contribution in [1.82, 2.24) is 19.7 Å². The highest BCUT2D eigenvalue weighted by atomic mass is 19.4. The van der Waals surface area contributed by atoms with E-state index in [-0.39, 0.29) is 6.10 Å². The van der Waals surface area contributed by atoms with Crippen molar-refractivity contribution in [3.63, 3.8) is 0 Å². The molecule has 0 radical (unpaired) electrons. The Labute approximate surface area is 213 Å². The maximum atomic E-state index is 10.6. The maximum Gasteiger partial charge on any atom is 0.490 e. The number of ether oxygens (including phenoxy) is 2. The summed E-state index contributed by atoms with van der Waals surface area (Å²) in [4.78, 5) is 24.5. The number of carboxylic acid groups (broad SMARTS) is 2. The fourth-order valence-electron chi connectivity index (χ4n) is 3.37. The minimum absolute atomic E-state index is 0.233. The SMILES string of the molecule is COCCO[C@@H]1CCN(Cc2cccnc2)[C@H]1Cc1cnn(C)c1.O=C(O)C(F)(F)F.O=C(O)C(F)(F)F. The molecule has 1 aliphatic heterocycles. The van der Waals surface area contributed by atoms with E-state index in [0.717, 1.165) is 25.9 Å². The van der Waals surface area contributed by atoms with Gasteiger partial charge in [-0.15, -0.1) is 0 Å². The molecule has 2 atom stereocenters. The summed E-state index contributed by atoms with van der Waals surface area (Å²) in [5.41, 5.74) is 2.49. The molecular formula is C22H28F6N4O6. The Morgan fingerprint density at radius 2 is 1.66 bits per heavy atom. The minimum Gasteiger partial charge on any atom is -0.475 e. The Kier molecular flexibility index (Phi) is 13.1. The van der Waals surface area contributed by atoms with Gasteiger partial charge in [0.25, 0.3) is 0 Å². The highest BCUT2D eigenvalue weighted by Gasteiger charge is 2.39. The van der Waals surface area contributed by atoms with Gasteiger partial charge in [-0.1, -0.05) is 6.07 Å². The lowest BCUT2D eigenvalue weighted by molar-refractivity contribution is -0.193. The first kappa shape index (κ1) is 32.8. The van der Waals surface area contributed by atoms with Crippen LogP contribution >= 0.6 is 0 Å². The van der Waals surface area contributed by atoms with E-state index in [1.807, 2.05) is 36.4 Å². The number of aryl methyl sites for hydroxylation is 1. The maximum absolute atomic E-state index is 10.6. The highest BCUT2D eigenvalue weighted by molar-refractivity contribution is 5.73. The first-order chi connectivity index (χ1) is 17.6. The van der Waals surface area contributed by atoms with Gasteiger partial charge in [0.1, 0.15) is 0 Å². The van der Waals surface area contributed by atoms with Crippen molar-refractivity contribution in [3.05, 3.63) is 48.0 Å². The van der Waals surface area contributed by atoms with E-state index in [1.165, 1.54) is 11.1 Å². The summed E-state index contributed by atoms with van der Waals surface area (Å²) in [6.45, 7) is 3.23. The summed E-state index contributed by atoms with van der Waals surface area (Å²) >= 11 is 0. The Balaban J connectivity index is 0.000000426. The number of pyridine rings is 1. The fraction of sp³-hybridized carbons (Fsp3) is 0.545. The molecule has 38 heavy (non-hydrogen) atoms. The largest absolute Gasteiger partial charge is 0.490 e. The van der Waals surface area contributed by atoms with Crippen molar-refractivity contribution in [3.8, 4) is 0 Å². The van der Waals surface area contributed by atoms with E-state index in [0.29, 0.717) is 19.3 Å². The number of aliphatic carboxylic acids is 2. The molecule has 16 heteroatoms. The van der Waals surface area contributed by atoms with E-state index < -0.39 is 24.3 Å². The van der Waals surface area contributed by atoms with Crippen molar-refractivity contribution < 1.29 is 55.6 Å². The molecule has 0 bridgehead atoms. The molecule has 3 heterocycles. The van der Waals surface area contributed by atoms with Crippen LogP contribution in [0.1, 0.15) is 17.5 Å². The standard InChI is InChI=1S/C18H26N4O2.2C2HF3O2/c1-21-13-16(12-20-21)10-17-18(24-9-8-23-2)5-7-22(17)14-15-4-3-6-19-11-15;2*3-2(4,5)1(6)7/h3-4,6,11-13,17-18H,5,7-10,14H2,1-2H3;2*(H,6,7)/t17-,18+;;/m0../s1. The molecule has 2 N–H and O–H groups in total. The zero-order valence-electron chi connectivity index (χ0n) is 20.4. The van der Waals surface area contributed by atoms with Crippen LogP contribution in [0.2, 0.25) is 0 Å². The number of alkyl halides is 6. The van der Waals surface area contributed by atoms with Crippen LogP contribution in [0.4, 0.5) is 26.3 Å². The predicted octanol–water partition coefficient (Wildman–Crippen LogP) is 2.93. The number of hydrogen-bond donors (Lipinski definition) is 2. The second-order valence-electron chi connectivity index (χ2n) is 7.92. The number of halogens is 6. The topological polar surface area (TPSA) is 127 Å². The summed E-state index contributed by atoms with van der Waals surface area (Å²) < 4.78 is 76.5. The number of aromatic nitrogens is 3. The Morgan fingerprint density at radius 3 is 2.11 bits per heavy atom. The van der Waals surface area contributed by atoms with Gasteiger partial charge in [0.15, 0.2) is 0 Å². The molecule has 0 spiro atoms. The normalized spacial score (nSPS) is 17.7. The molecule has 3 rings (SSSR count). The molecule has 1 saturated heterocycles. The van der Waals surface area contributed by atoms with Crippen LogP contribution in [0.15, 0.2) is 36.9 Å². The lowest BCUT2D eigenvalue weighted by atomic mass is 10.0. The lowest BCUT2D eigenvalue weighted by Crippen LogP contribution is -2.38. The van der Waals surface area contributed by atoms with Crippen LogP contribution in [0.25, 0.3) is 0 Å². The van der Waals surface area contributed by atoms with E-state index in [1.54, 1.807) is 7.11 Å². The third kappa shape index (κ3) is 12.3. The van der Waals surface area contributed by atoms with Gasteiger partial charge in [-0.2, -0.15) is 31.4 Å². The smallest absolute Gasteiger partial charge is 0.475 e. The van der Waals surface area contributed by atoms with Gasteiger partial charge in [0.05, 0.1) is 25.5 Å². The summed E-state index contributed by atoms with van der Waals surface area (Å²) in [5.74, 6) is -5.51. The van der Waals surface area contributed by atoms with Crippen molar-refractivity contribution in [2.45, 2.75) is 43.9 Å². The third-order valence-corrected chi connectivity index (χ3v) is 5.02. The van der Waals surface area contributed by atoms with Crippen molar-refractivity contribution in [1.29, 1.82) is 0 Å². The zero-order valence-corrected chi connectivity index (χ0v) is 20.4. The van der Waals surface area contributed by atoms with E-state index >= 15 is 0 Å². The van der Waals surface area contributed by atoms with Crippen LogP contribution in [-0.4, -0.2) is 93.2 Å². The number of methoxy groups -OCH3 is 1. The number of nitrogens with zero attached hydrogens (tertiary/aromatic N) is 4. The van der Waals surface area contributed by atoms with Crippen LogP contribution in [0, 0.1) is 0 Å². The van der Waals surface area contributed by atoms with Crippen molar-refractivity contribution in [2.75, 3.05) is 26.9 Å². The molecule has 0 unspecified atom stereocenters. The zero-order chi connectivity index (χ0) is 28.9. The van der Waals surface area contributed by atoms with Crippen LogP contribution in [-0.2, 0) is 39.1 Å². The van der Waals surface area contributed by atoms with E-state index in [4.69, 9.17) is 29.3 Å². The van der Waals surface area contributed by atoms with Crippen LogP contribution < -0.4 is 0 Å². The monoisotopic (exact) mass is 558 g/mol. The number of rotatable bonds is 8. The lowest BCUT2D eigenvalue weighted by Gasteiger charge is -2.28. The van der Waals surface area contributed by atoms with Gasteiger partial charge in [0.2, 0.25) is 0 Å². The number of likely N-dealkylation sites (tertiary alicyclic amines) is 1.